The van der Waals surface area contributed by atoms with Crippen LogP contribution in [0.15, 0.2) is 59.6 Å². The molecule has 3 N–H and O–H groups in total. The van der Waals surface area contributed by atoms with E-state index in [0.717, 1.165) is 11.1 Å². The van der Waals surface area contributed by atoms with E-state index in [9.17, 15) is 18.6 Å². The number of aromatic nitrogens is 1. The summed E-state index contributed by atoms with van der Waals surface area (Å²) in [6.45, 7) is 9.87. The zero-order chi connectivity index (χ0) is 28.0. The first-order valence-electron chi connectivity index (χ1n) is 12.1. The molecule has 0 fully saturated rings. The van der Waals surface area contributed by atoms with Gasteiger partial charge in [0.15, 0.2) is 0 Å². The number of aromatic hydroxyl groups is 2. The van der Waals surface area contributed by atoms with Gasteiger partial charge in [0.05, 0.1) is 28.1 Å². The zero-order valence-corrected chi connectivity index (χ0v) is 23.7. The SMILES string of the molecule is COc1ncc(C)cc1C(C)c1cc(O)c2c(Cl)ccc(NS(=O)(=O)c3ccc(C(C)(C)C)cc3)c2c1O. The molecule has 0 saturated carbocycles. The number of rotatable bonds is 6. The number of pyridine rings is 1. The first-order valence-corrected chi connectivity index (χ1v) is 13.9. The number of hydrogen-bond donors (Lipinski definition) is 3. The third kappa shape index (κ3) is 5.11. The number of anilines is 1. The number of hydrogen-bond acceptors (Lipinski definition) is 6. The van der Waals surface area contributed by atoms with Gasteiger partial charge in [-0.2, -0.15) is 0 Å². The summed E-state index contributed by atoms with van der Waals surface area (Å²) in [5.74, 6) is -0.481. The summed E-state index contributed by atoms with van der Waals surface area (Å²) in [7, 11) is -2.52. The fourth-order valence-electron chi connectivity index (χ4n) is 4.49. The first kappa shape index (κ1) is 27.5. The van der Waals surface area contributed by atoms with Crippen molar-refractivity contribution in [2.45, 2.75) is 50.8 Å². The van der Waals surface area contributed by atoms with E-state index < -0.39 is 15.9 Å². The molecule has 4 rings (SSSR count). The summed E-state index contributed by atoms with van der Waals surface area (Å²) >= 11 is 6.39. The van der Waals surface area contributed by atoms with Crippen molar-refractivity contribution in [2.24, 2.45) is 0 Å². The van der Waals surface area contributed by atoms with E-state index in [0.29, 0.717) is 17.0 Å². The number of phenolic OH excluding ortho intramolecular Hbond substituents is 2. The molecule has 3 aromatic carbocycles. The molecule has 0 spiro atoms. The standard InChI is InChI=1S/C29H31ClN2O5S/c1-16-13-21(28(37-6)31-15-16)17(2)20-14-24(33)25-22(30)11-12-23(26(25)27(20)34)32-38(35,36)19-9-7-18(8-10-19)29(3,4)5/h7-15,17,32-34H,1-6H3. The van der Waals surface area contributed by atoms with E-state index in [1.165, 1.54) is 25.3 Å². The lowest BCUT2D eigenvalue weighted by molar-refractivity contribution is 0.390. The molecule has 200 valence electrons. The second-order valence-corrected chi connectivity index (χ2v) is 12.5. The number of halogens is 1. The molecule has 0 aliphatic carbocycles. The summed E-state index contributed by atoms with van der Waals surface area (Å²) in [5, 5.41) is 22.8. The van der Waals surface area contributed by atoms with E-state index >= 15 is 0 Å². The molecule has 4 aromatic rings. The minimum Gasteiger partial charge on any atom is -0.507 e. The number of nitrogens with one attached hydrogen (secondary N) is 1. The van der Waals surface area contributed by atoms with Crippen LogP contribution in [0.5, 0.6) is 17.4 Å². The summed E-state index contributed by atoms with van der Waals surface area (Å²) in [6.07, 6.45) is 1.67. The van der Waals surface area contributed by atoms with Crippen molar-refractivity contribution in [3.63, 3.8) is 0 Å². The highest BCUT2D eigenvalue weighted by Gasteiger charge is 2.26. The van der Waals surface area contributed by atoms with Crippen LogP contribution < -0.4 is 9.46 Å². The first-order chi connectivity index (χ1) is 17.7. The van der Waals surface area contributed by atoms with Gasteiger partial charge < -0.3 is 14.9 Å². The molecular formula is C29H31ClN2O5S. The molecule has 0 amide bonds. The molecule has 1 unspecified atom stereocenters. The van der Waals surface area contributed by atoms with E-state index in [4.69, 9.17) is 16.3 Å². The lowest BCUT2D eigenvalue weighted by atomic mass is 9.87. The van der Waals surface area contributed by atoms with E-state index in [1.54, 1.807) is 30.5 Å². The van der Waals surface area contributed by atoms with Gasteiger partial charge in [-0.25, -0.2) is 13.4 Å². The van der Waals surface area contributed by atoms with Crippen LogP contribution in [0.3, 0.4) is 0 Å². The van der Waals surface area contributed by atoms with Crippen LogP contribution in [0.4, 0.5) is 5.69 Å². The average molecular weight is 555 g/mol. The van der Waals surface area contributed by atoms with Crippen molar-refractivity contribution in [2.75, 3.05) is 11.8 Å². The van der Waals surface area contributed by atoms with Crippen LogP contribution in [0.1, 0.15) is 55.9 Å². The topological polar surface area (TPSA) is 109 Å². The van der Waals surface area contributed by atoms with Gasteiger partial charge in [-0.15, -0.1) is 0 Å². The predicted octanol–water partition coefficient (Wildman–Crippen LogP) is 6.87. The van der Waals surface area contributed by atoms with Gasteiger partial charge in [0, 0.05) is 28.6 Å². The van der Waals surface area contributed by atoms with Crippen LogP contribution in [0.2, 0.25) is 5.02 Å². The fraction of sp³-hybridized carbons (Fsp3) is 0.276. The number of phenols is 2. The monoisotopic (exact) mass is 554 g/mol. The Bertz CT molecular complexity index is 1630. The van der Waals surface area contributed by atoms with Crippen LogP contribution in [0.25, 0.3) is 10.8 Å². The quantitative estimate of drug-likeness (QED) is 0.224. The molecule has 0 aliphatic heterocycles. The van der Waals surface area contributed by atoms with Gasteiger partial charge >= 0.3 is 0 Å². The van der Waals surface area contributed by atoms with Gasteiger partial charge in [-0.1, -0.05) is 51.4 Å². The van der Waals surface area contributed by atoms with Gasteiger partial charge in [0.25, 0.3) is 10.0 Å². The molecule has 0 saturated heterocycles. The highest BCUT2D eigenvalue weighted by Crippen LogP contribution is 2.47. The molecule has 0 bridgehead atoms. The molecule has 1 atom stereocenters. The zero-order valence-electron chi connectivity index (χ0n) is 22.1. The number of ether oxygens (including phenoxy) is 1. The van der Waals surface area contributed by atoms with Crippen LogP contribution in [-0.2, 0) is 15.4 Å². The minimum absolute atomic E-state index is 0.0670. The molecule has 0 radical (unpaired) electrons. The highest BCUT2D eigenvalue weighted by atomic mass is 35.5. The van der Waals surface area contributed by atoms with Crippen molar-refractivity contribution in [3.05, 3.63) is 82.0 Å². The number of fused-ring (bicyclic) bond motifs is 1. The van der Waals surface area contributed by atoms with Crippen molar-refractivity contribution >= 4 is 38.1 Å². The summed E-state index contributed by atoms with van der Waals surface area (Å²) in [5.41, 5.74) is 2.90. The Morgan fingerprint density at radius 2 is 1.66 bits per heavy atom. The molecule has 1 heterocycles. The smallest absolute Gasteiger partial charge is 0.261 e. The molecule has 9 heteroatoms. The number of nitrogens with zero attached hydrogens (tertiary/aromatic N) is 1. The van der Waals surface area contributed by atoms with Crippen molar-refractivity contribution in [3.8, 4) is 17.4 Å². The Morgan fingerprint density at radius 3 is 2.26 bits per heavy atom. The van der Waals surface area contributed by atoms with Gasteiger partial charge in [0.2, 0.25) is 5.88 Å². The van der Waals surface area contributed by atoms with Gasteiger partial charge in [0.1, 0.15) is 11.5 Å². The summed E-state index contributed by atoms with van der Waals surface area (Å²) in [6, 6.07) is 12.9. The molecular weight excluding hydrogens is 524 g/mol. The van der Waals surface area contributed by atoms with E-state index in [2.05, 4.69) is 9.71 Å². The summed E-state index contributed by atoms with van der Waals surface area (Å²) in [4.78, 5) is 4.38. The van der Waals surface area contributed by atoms with Crippen LogP contribution in [0, 0.1) is 6.92 Å². The van der Waals surface area contributed by atoms with Crippen molar-refractivity contribution in [1.29, 1.82) is 0 Å². The lowest BCUT2D eigenvalue weighted by Crippen LogP contribution is -2.15. The molecule has 38 heavy (non-hydrogen) atoms. The lowest BCUT2D eigenvalue weighted by Gasteiger charge is -2.21. The maximum Gasteiger partial charge on any atom is 0.261 e. The Kier molecular flexibility index (Phi) is 7.25. The van der Waals surface area contributed by atoms with Crippen molar-refractivity contribution < 1.29 is 23.4 Å². The minimum atomic E-state index is -4.03. The number of methoxy groups -OCH3 is 1. The molecule has 7 nitrogen and oxygen atoms in total. The van der Waals surface area contributed by atoms with E-state index in [-0.39, 0.29) is 43.3 Å². The van der Waals surface area contributed by atoms with Gasteiger partial charge in [-0.3, -0.25) is 4.72 Å². The molecule has 0 aliphatic rings. The maximum atomic E-state index is 13.3. The Labute approximate surface area is 228 Å². The number of sulfonamides is 1. The second-order valence-electron chi connectivity index (χ2n) is 10.4. The maximum absolute atomic E-state index is 13.3. The summed E-state index contributed by atoms with van der Waals surface area (Å²) < 4.78 is 34.7. The Hall–Kier alpha value is -3.49. The second kappa shape index (κ2) is 10.0. The molecule has 1 aromatic heterocycles. The van der Waals surface area contributed by atoms with E-state index in [1.807, 2.05) is 40.7 Å². The van der Waals surface area contributed by atoms with Gasteiger partial charge in [-0.05, 0) is 59.9 Å². The predicted molar refractivity (Wildman–Crippen MR) is 151 cm³/mol. The Morgan fingerprint density at radius 1 is 1.00 bits per heavy atom. The van der Waals surface area contributed by atoms with Crippen molar-refractivity contribution in [1.82, 2.24) is 4.98 Å². The average Bonchev–Trinajstić information content (AvgIpc) is 2.86. The fourth-order valence-corrected chi connectivity index (χ4v) is 5.81. The number of benzene rings is 3. The van der Waals surface area contributed by atoms with Crippen LogP contribution in [-0.4, -0.2) is 30.7 Å². The third-order valence-corrected chi connectivity index (χ3v) is 8.33. The van der Waals surface area contributed by atoms with Crippen LogP contribution >= 0.6 is 11.6 Å². The number of aryl methyl sites for hydroxylation is 1. The Balaban J connectivity index is 1.86. The highest BCUT2D eigenvalue weighted by molar-refractivity contribution is 7.92. The largest absolute Gasteiger partial charge is 0.507 e. The normalized spacial score (nSPS) is 12.9. The third-order valence-electron chi connectivity index (χ3n) is 6.63.